The van der Waals surface area contributed by atoms with Gasteiger partial charge in [0.15, 0.2) is 0 Å². The van der Waals surface area contributed by atoms with Crippen molar-refractivity contribution in [2.24, 2.45) is 0 Å². The van der Waals surface area contributed by atoms with Crippen LogP contribution in [0.4, 0.5) is 0 Å². The number of amides is 1. The zero-order chi connectivity index (χ0) is 10.4. The summed E-state index contributed by atoms with van der Waals surface area (Å²) in [5, 5.41) is 11.2. The number of nitrogens with zero attached hydrogens (tertiary/aromatic N) is 1. The van der Waals surface area contributed by atoms with Crippen molar-refractivity contribution in [1.29, 1.82) is 5.26 Å². The Balaban J connectivity index is 2.60. The molecule has 0 heterocycles. The molecule has 14 heavy (non-hydrogen) atoms. The molecule has 1 aromatic carbocycles. The van der Waals surface area contributed by atoms with Crippen LogP contribution in [0.2, 0.25) is 0 Å². The number of nitriles is 1. The third-order valence-corrected chi connectivity index (χ3v) is 1.98. The van der Waals surface area contributed by atoms with E-state index in [-0.39, 0.29) is 5.91 Å². The van der Waals surface area contributed by atoms with Gasteiger partial charge in [-0.3, -0.25) is 4.79 Å². The predicted octanol–water partition coefficient (Wildman–Crippen LogP) is 1.24. The lowest BCUT2D eigenvalue weighted by molar-refractivity contribution is -0.120. The molecule has 0 atom stereocenters. The molecular weight excluding hydrogens is 176 g/mol. The first-order chi connectivity index (χ1) is 6.76. The highest BCUT2D eigenvalue weighted by Crippen LogP contribution is 2.06. The first kappa shape index (κ1) is 10.3. The molecule has 0 bridgehead atoms. The number of aryl methyl sites for hydroxylation is 1. The van der Waals surface area contributed by atoms with Crippen LogP contribution in [-0.2, 0) is 11.2 Å². The maximum Gasteiger partial charge on any atom is 0.220 e. The van der Waals surface area contributed by atoms with Crippen LogP contribution < -0.4 is 5.32 Å². The Bertz CT molecular complexity index is 366. The molecule has 0 radical (unpaired) electrons. The minimum atomic E-state index is 0.0207. The van der Waals surface area contributed by atoms with Gasteiger partial charge in [-0.25, -0.2) is 0 Å². The molecule has 1 aromatic rings. The van der Waals surface area contributed by atoms with Crippen molar-refractivity contribution < 1.29 is 4.79 Å². The Morgan fingerprint density at radius 1 is 1.57 bits per heavy atom. The third kappa shape index (κ3) is 2.91. The van der Waals surface area contributed by atoms with Gasteiger partial charge in [0.05, 0.1) is 11.6 Å². The second kappa shape index (κ2) is 5.03. The van der Waals surface area contributed by atoms with E-state index in [2.05, 4.69) is 11.4 Å². The van der Waals surface area contributed by atoms with Crippen molar-refractivity contribution in [2.75, 3.05) is 7.05 Å². The van der Waals surface area contributed by atoms with E-state index in [0.717, 1.165) is 5.56 Å². The van der Waals surface area contributed by atoms with Gasteiger partial charge in [0.2, 0.25) is 5.91 Å². The Morgan fingerprint density at radius 3 is 3.00 bits per heavy atom. The summed E-state index contributed by atoms with van der Waals surface area (Å²) in [4.78, 5) is 11.0. The van der Waals surface area contributed by atoms with Gasteiger partial charge in [0, 0.05) is 13.5 Å². The summed E-state index contributed by atoms with van der Waals surface area (Å²) in [7, 11) is 1.62. The van der Waals surface area contributed by atoms with Crippen LogP contribution in [0.25, 0.3) is 0 Å². The van der Waals surface area contributed by atoms with Crippen LogP contribution in [0.5, 0.6) is 0 Å². The molecule has 0 fully saturated rings. The van der Waals surface area contributed by atoms with E-state index in [1.807, 2.05) is 18.2 Å². The van der Waals surface area contributed by atoms with E-state index >= 15 is 0 Å². The van der Waals surface area contributed by atoms with Gasteiger partial charge < -0.3 is 5.32 Å². The summed E-state index contributed by atoms with van der Waals surface area (Å²) in [5.74, 6) is 0.0207. The van der Waals surface area contributed by atoms with Crippen molar-refractivity contribution in [3.8, 4) is 6.07 Å². The smallest absolute Gasteiger partial charge is 0.220 e. The monoisotopic (exact) mass is 188 g/mol. The molecule has 1 amide bonds. The number of carbonyl (C=O) groups excluding carboxylic acids is 1. The number of carbonyl (C=O) groups is 1. The molecule has 1 N–H and O–H groups in total. The van der Waals surface area contributed by atoms with Gasteiger partial charge in [-0.1, -0.05) is 12.1 Å². The molecular formula is C11H12N2O. The highest BCUT2D eigenvalue weighted by Gasteiger charge is 1.99. The lowest BCUT2D eigenvalue weighted by Crippen LogP contribution is -2.17. The molecule has 0 saturated heterocycles. The fraction of sp³-hybridized carbons (Fsp3) is 0.273. The normalized spacial score (nSPS) is 9.14. The number of hydrogen-bond donors (Lipinski definition) is 1. The zero-order valence-electron chi connectivity index (χ0n) is 8.08. The first-order valence-electron chi connectivity index (χ1n) is 4.46. The third-order valence-electron chi connectivity index (χ3n) is 1.98. The summed E-state index contributed by atoms with van der Waals surface area (Å²) < 4.78 is 0. The summed E-state index contributed by atoms with van der Waals surface area (Å²) in [5.41, 5.74) is 1.66. The van der Waals surface area contributed by atoms with Gasteiger partial charge in [-0.2, -0.15) is 5.26 Å². The molecule has 3 nitrogen and oxygen atoms in total. The molecule has 1 rings (SSSR count). The van der Waals surface area contributed by atoms with Crippen molar-refractivity contribution >= 4 is 5.91 Å². The van der Waals surface area contributed by atoms with Crippen LogP contribution >= 0.6 is 0 Å². The minimum Gasteiger partial charge on any atom is -0.359 e. The molecule has 0 unspecified atom stereocenters. The van der Waals surface area contributed by atoms with Crippen molar-refractivity contribution in [2.45, 2.75) is 12.8 Å². The van der Waals surface area contributed by atoms with Crippen LogP contribution in [0.3, 0.4) is 0 Å². The molecule has 0 saturated carbocycles. The molecule has 0 aliphatic rings. The fourth-order valence-corrected chi connectivity index (χ4v) is 1.18. The maximum atomic E-state index is 11.0. The minimum absolute atomic E-state index is 0.0207. The highest BCUT2D eigenvalue weighted by atomic mass is 16.1. The van der Waals surface area contributed by atoms with Gasteiger partial charge in [0.25, 0.3) is 0 Å². The second-order valence-electron chi connectivity index (χ2n) is 2.99. The van der Waals surface area contributed by atoms with Gasteiger partial charge in [0.1, 0.15) is 0 Å². The molecule has 3 heteroatoms. The van der Waals surface area contributed by atoms with Crippen molar-refractivity contribution in [1.82, 2.24) is 5.32 Å². The average molecular weight is 188 g/mol. The summed E-state index contributed by atoms with van der Waals surface area (Å²) in [6.07, 6.45) is 1.14. The lowest BCUT2D eigenvalue weighted by Gasteiger charge is -2.00. The summed E-state index contributed by atoms with van der Waals surface area (Å²) in [6.45, 7) is 0. The molecule has 72 valence electrons. The van der Waals surface area contributed by atoms with Crippen LogP contribution in [-0.4, -0.2) is 13.0 Å². The van der Waals surface area contributed by atoms with E-state index in [4.69, 9.17) is 5.26 Å². The van der Waals surface area contributed by atoms with Crippen LogP contribution in [0.1, 0.15) is 17.5 Å². The van der Waals surface area contributed by atoms with E-state index < -0.39 is 0 Å². The number of nitrogens with one attached hydrogen (secondary N) is 1. The largest absolute Gasteiger partial charge is 0.359 e. The van der Waals surface area contributed by atoms with Crippen LogP contribution in [0, 0.1) is 11.3 Å². The highest BCUT2D eigenvalue weighted by molar-refractivity contribution is 5.75. The molecule has 0 aliphatic heterocycles. The first-order valence-corrected chi connectivity index (χ1v) is 4.46. The van der Waals surface area contributed by atoms with Gasteiger partial charge in [-0.15, -0.1) is 0 Å². The zero-order valence-corrected chi connectivity index (χ0v) is 8.08. The van der Waals surface area contributed by atoms with Crippen molar-refractivity contribution in [3.63, 3.8) is 0 Å². The van der Waals surface area contributed by atoms with Crippen molar-refractivity contribution in [3.05, 3.63) is 35.4 Å². The Labute approximate surface area is 83.4 Å². The summed E-state index contributed by atoms with van der Waals surface area (Å²) >= 11 is 0. The standard InChI is InChI=1S/C11H12N2O/c1-13-11(14)6-5-9-3-2-4-10(7-9)8-12/h2-4,7H,5-6H2,1H3,(H,13,14). The maximum absolute atomic E-state index is 11.0. The lowest BCUT2D eigenvalue weighted by atomic mass is 10.1. The molecule has 0 spiro atoms. The van der Waals surface area contributed by atoms with E-state index in [1.165, 1.54) is 0 Å². The van der Waals surface area contributed by atoms with Crippen LogP contribution in [0.15, 0.2) is 24.3 Å². The Kier molecular flexibility index (Phi) is 3.69. The Morgan fingerprint density at radius 2 is 2.36 bits per heavy atom. The topological polar surface area (TPSA) is 52.9 Å². The predicted molar refractivity (Wildman–Crippen MR) is 53.5 cm³/mol. The number of rotatable bonds is 3. The molecule has 0 aromatic heterocycles. The second-order valence-corrected chi connectivity index (χ2v) is 2.99. The fourth-order valence-electron chi connectivity index (χ4n) is 1.18. The Hall–Kier alpha value is -1.82. The quantitative estimate of drug-likeness (QED) is 0.775. The average Bonchev–Trinajstić information content (AvgIpc) is 2.26. The molecule has 0 aliphatic carbocycles. The number of hydrogen-bond acceptors (Lipinski definition) is 2. The number of benzene rings is 1. The van der Waals surface area contributed by atoms with Gasteiger partial charge in [-0.05, 0) is 24.1 Å². The van der Waals surface area contributed by atoms with E-state index in [0.29, 0.717) is 18.4 Å². The van der Waals surface area contributed by atoms with E-state index in [1.54, 1.807) is 13.1 Å². The van der Waals surface area contributed by atoms with Gasteiger partial charge >= 0.3 is 0 Å². The summed E-state index contributed by atoms with van der Waals surface area (Å²) in [6, 6.07) is 9.38. The van der Waals surface area contributed by atoms with E-state index in [9.17, 15) is 4.79 Å². The SMILES string of the molecule is CNC(=O)CCc1cccc(C#N)c1.